The number of esters is 1. The molecule has 5 nitrogen and oxygen atoms in total. The fourth-order valence-corrected chi connectivity index (χ4v) is 3.44. The largest absolute Gasteiger partial charge is 0.453 e. The Bertz CT molecular complexity index is 786. The van der Waals surface area contributed by atoms with Crippen LogP contribution in [-0.2, 0) is 31.3 Å². The minimum atomic E-state index is -0.965. The Kier molecular flexibility index (Phi) is 6.01. The van der Waals surface area contributed by atoms with Crippen LogP contribution in [0.15, 0.2) is 60.7 Å². The Morgan fingerprint density at radius 3 is 2.33 bits per heavy atom. The summed E-state index contributed by atoms with van der Waals surface area (Å²) in [5.74, 6) is -0.678. The van der Waals surface area contributed by atoms with E-state index in [0.717, 1.165) is 11.1 Å². The molecule has 1 aliphatic rings. The van der Waals surface area contributed by atoms with Crippen LogP contribution in [0.3, 0.4) is 0 Å². The summed E-state index contributed by atoms with van der Waals surface area (Å²) in [7, 11) is 0. The second kappa shape index (κ2) is 8.62. The van der Waals surface area contributed by atoms with Crippen molar-refractivity contribution in [1.82, 2.24) is 5.32 Å². The zero-order valence-corrected chi connectivity index (χ0v) is 15.1. The van der Waals surface area contributed by atoms with Gasteiger partial charge in [0, 0.05) is 13.0 Å². The second-order valence-corrected chi connectivity index (χ2v) is 6.84. The molecular formula is C22H23NO4. The van der Waals surface area contributed by atoms with Crippen molar-refractivity contribution >= 4 is 17.7 Å². The molecular weight excluding hydrogens is 342 g/mol. The first-order valence-electron chi connectivity index (χ1n) is 9.17. The Balaban J connectivity index is 1.59. The first-order valence-corrected chi connectivity index (χ1v) is 9.17. The highest BCUT2D eigenvalue weighted by Gasteiger charge is 2.42. The molecule has 1 fully saturated rings. The molecule has 1 N–H and O–H groups in total. The summed E-state index contributed by atoms with van der Waals surface area (Å²) < 4.78 is 5.65. The molecule has 1 unspecified atom stereocenters. The Hall–Kier alpha value is -2.95. The van der Waals surface area contributed by atoms with Gasteiger partial charge in [0.2, 0.25) is 5.91 Å². The van der Waals surface area contributed by atoms with Crippen molar-refractivity contribution < 1.29 is 19.1 Å². The Labute approximate surface area is 158 Å². The van der Waals surface area contributed by atoms with Crippen LogP contribution in [0.5, 0.6) is 0 Å². The molecule has 1 heterocycles. The molecule has 0 spiro atoms. The van der Waals surface area contributed by atoms with Crippen LogP contribution < -0.4 is 5.32 Å². The summed E-state index contributed by atoms with van der Waals surface area (Å²) in [6, 6.07) is 19.0. The average molecular weight is 365 g/mol. The first-order chi connectivity index (χ1) is 13.1. The molecule has 1 saturated heterocycles. The first kappa shape index (κ1) is 18.8. The van der Waals surface area contributed by atoms with Gasteiger partial charge < -0.3 is 10.1 Å². The van der Waals surface area contributed by atoms with E-state index in [-0.39, 0.29) is 24.5 Å². The highest BCUT2D eigenvalue weighted by molar-refractivity contribution is 5.98. The van der Waals surface area contributed by atoms with Crippen LogP contribution >= 0.6 is 0 Å². The summed E-state index contributed by atoms with van der Waals surface area (Å²) in [5, 5.41) is 2.89. The van der Waals surface area contributed by atoms with Gasteiger partial charge in [-0.2, -0.15) is 0 Å². The van der Waals surface area contributed by atoms with Crippen LogP contribution in [0.2, 0.25) is 0 Å². The maximum Gasteiger partial charge on any atom is 0.314 e. The van der Waals surface area contributed by atoms with Gasteiger partial charge in [0.1, 0.15) is 17.8 Å². The summed E-state index contributed by atoms with van der Waals surface area (Å²) in [5.41, 5.74) is 0.877. The van der Waals surface area contributed by atoms with E-state index in [4.69, 9.17) is 4.74 Å². The smallest absolute Gasteiger partial charge is 0.314 e. The number of Topliss-reactive ketones (excluding diaryl/α,β-unsaturated/α-hetero) is 1. The number of nitrogens with one attached hydrogen (secondary N) is 1. The van der Waals surface area contributed by atoms with E-state index >= 15 is 0 Å². The van der Waals surface area contributed by atoms with Gasteiger partial charge in [-0.3, -0.25) is 14.4 Å². The van der Waals surface area contributed by atoms with Gasteiger partial charge in [0.05, 0.1) is 6.42 Å². The van der Waals surface area contributed by atoms with Crippen LogP contribution in [0.1, 0.15) is 43.2 Å². The predicted octanol–water partition coefficient (Wildman–Crippen LogP) is 3.27. The fourth-order valence-electron chi connectivity index (χ4n) is 3.44. The lowest BCUT2D eigenvalue weighted by Gasteiger charge is -2.36. The van der Waals surface area contributed by atoms with Gasteiger partial charge >= 0.3 is 5.97 Å². The van der Waals surface area contributed by atoms with Gasteiger partial charge in [-0.05, 0) is 24.0 Å². The number of hydrogen-bond acceptors (Lipinski definition) is 4. The van der Waals surface area contributed by atoms with Crippen molar-refractivity contribution in [1.29, 1.82) is 0 Å². The highest BCUT2D eigenvalue weighted by Crippen LogP contribution is 2.38. The van der Waals surface area contributed by atoms with Crippen molar-refractivity contribution in [3.63, 3.8) is 0 Å². The summed E-state index contributed by atoms with van der Waals surface area (Å²) in [6.45, 7) is 0.483. The molecule has 0 aliphatic carbocycles. The number of benzene rings is 2. The van der Waals surface area contributed by atoms with E-state index in [2.05, 4.69) is 5.32 Å². The van der Waals surface area contributed by atoms with E-state index in [1.54, 1.807) is 0 Å². The Morgan fingerprint density at radius 1 is 1.00 bits per heavy atom. The summed E-state index contributed by atoms with van der Waals surface area (Å²) >= 11 is 0. The van der Waals surface area contributed by atoms with Gasteiger partial charge in [-0.1, -0.05) is 60.7 Å². The molecule has 5 heteroatoms. The predicted molar refractivity (Wildman–Crippen MR) is 101 cm³/mol. The number of ketones is 1. The van der Waals surface area contributed by atoms with Crippen molar-refractivity contribution in [2.45, 2.75) is 44.2 Å². The second-order valence-electron chi connectivity index (χ2n) is 6.84. The standard InChI is InChI=1S/C22H23NO4/c24-19-14-21(26)27-22(15-19,18-10-5-2-6-11-18)13-7-12-20(25)23-16-17-8-3-1-4-9-17/h1-6,8-11H,7,12-16H2,(H,23,25). The minimum absolute atomic E-state index is 0.0597. The zero-order chi connectivity index (χ0) is 19.1. The number of carbonyl (C=O) groups excluding carboxylic acids is 3. The van der Waals surface area contributed by atoms with E-state index in [1.165, 1.54) is 0 Å². The van der Waals surface area contributed by atoms with Gasteiger partial charge in [0.15, 0.2) is 0 Å². The molecule has 27 heavy (non-hydrogen) atoms. The quantitative estimate of drug-likeness (QED) is 0.604. The van der Waals surface area contributed by atoms with Gasteiger partial charge in [-0.15, -0.1) is 0 Å². The van der Waals surface area contributed by atoms with E-state index in [1.807, 2.05) is 60.7 Å². The van der Waals surface area contributed by atoms with Crippen molar-refractivity contribution in [2.24, 2.45) is 0 Å². The van der Waals surface area contributed by atoms with Crippen LogP contribution in [0.25, 0.3) is 0 Å². The Morgan fingerprint density at radius 2 is 1.67 bits per heavy atom. The molecule has 3 rings (SSSR count). The fraction of sp³-hybridized carbons (Fsp3) is 0.318. The lowest BCUT2D eigenvalue weighted by Crippen LogP contribution is -2.40. The number of amides is 1. The molecule has 0 radical (unpaired) electrons. The lowest BCUT2D eigenvalue weighted by molar-refractivity contribution is -0.173. The number of rotatable bonds is 7. The van der Waals surface area contributed by atoms with Crippen LogP contribution in [0, 0.1) is 0 Å². The maximum atomic E-state index is 12.1. The third-order valence-corrected chi connectivity index (χ3v) is 4.75. The van der Waals surface area contributed by atoms with Crippen molar-refractivity contribution in [3.8, 4) is 0 Å². The maximum absolute atomic E-state index is 12.1. The van der Waals surface area contributed by atoms with Gasteiger partial charge in [-0.25, -0.2) is 0 Å². The lowest BCUT2D eigenvalue weighted by atomic mass is 9.81. The molecule has 2 aromatic rings. The molecule has 1 atom stereocenters. The third kappa shape index (κ3) is 5.03. The average Bonchev–Trinajstić information content (AvgIpc) is 2.67. The molecule has 1 amide bonds. The third-order valence-electron chi connectivity index (χ3n) is 4.75. The topological polar surface area (TPSA) is 72.5 Å². The molecule has 2 aromatic carbocycles. The zero-order valence-electron chi connectivity index (χ0n) is 15.1. The van der Waals surface area contributed by atoms with Gasteiger partial charge in [0.25, 0.3) is 0 Å². The van der Waals surface area contributed by atoms with E-state index in [9.17, 15) is 14.4 Å². The molecule has 0 bridgehead atoms. The van der Waals surface area contributed by atoms with Crippen molar-refractivity contribution in [3.05, 3.63) is 71.8 Å². The molecule has 0 saturated carbocycles. The number of cyclic esters (lactones) is 1. The molecule has 140 valence electrons. The number of carbonyl (C=O) groups is 3. The normalized spacial score (nSPS) is 19.4. The van der Waals surface area contributed by atoms with E-state index in [0.29, 0.717) is 25.8 Å². The monoisotopic (exact) mass is 365 g/mol. The van der Waals surface area contributed by atoms with Crippen LogP contribution in [-0.4, -0.2) is 17.7 Å². The van der Waals surface area contributed by atoms with Crippen LogP contribution in [0.4, 0.5) is 0 Å². The summed E-state index contributed by atoms with van der Waals surface area (Å²) in [6.07, 6.45) is 1.26. The summed E-state index contributed by atoms with van der Waals surface area (Å²) in [4.78, 5) is 36.1. The molecule has 0 aromatic heterocycles. The van der Waals surface area contributed by atoms with E-state index < -0.39 is 11.6 Å². The number of ether oxygens (including phenoxy) is 1. The number of hydrogen-bond donors (Lipinski definition) is 1. The highest BCUT2D eigenvalue weighted by atomic mass is 16.6. The minimum Gasteiger partial charge on any atom is -0.453 e. The van der Waals surface area contributed by atoms with Crippen molar-refractivity contribution in [2.75, 3.05) is 0 Å². The SMILES string of the molecule is O=C1CC(=O)OC(CCCC(=O)NCc2ccccc2)(c2ccccc2)C1. The molecule has 1 aliphatic heterocycles.